The molecule has 0 aliphatic heterocycles. The molecule has 142 valence electrons. The molecule has 3 aromatic rings. The van der Waals surface area contributed by atoms with Crippen LogP contribution in [0.5, 0.6) is 0 Å². The van der Waals surface area contributed by atoms with E-state index in [1.54, 1.807) is 43.3 Å². The predicted molar refractivity (Wildman–Crippen MR) is 107 cm³/mol. The summed E-state index contributed by atoms with van der Waals surface area (Å²) < 4.78 is 33.4. The van der Waals surface area contributed by atoms with Gasteiger partial charge in [-0.05, 0) is 42.2 Å². The van der Waals surface area contributed by atoms with Crippen molar-refractivity contribution in [2.45, 2.75) is 44.9 Å². The molecular formula is C21H24N2O3S. The smallest absolute Gasteiger partial charge is 0.261 e. The van der Waals surface area contributed by atoms with Crippen LogP contribution in [0.25, 0.3) is 11.3 Å². The van der Waals surface area contributed by atoms with E-state index in [0.717, 1.165) is 16.8 Å². The molecule has 1 heterocycles. The zero-order valence-corrected chi connectivity index (χ0v) is 17.0. The number of hydrogen-bond donors (Lipinski definition) is 1. The molecule has 0 saturated carbocycles. The zero-order valence-electron chi connectivity index (χ0n) is 16.2. The lowest BCUT2D eigenvalue weighted by Gasteiger charge is -2.19. The number of rotatable bonds is 4. The molecule has 0 bridgehead atoms. The average molecular weight is 385 g/mol. The zero-order chi connectivity index (χ0) is 19.8. The van der Waals surface area contributed by atoms with Gasteiger partial charge in [0.05, 0.1) is 4.90 Å². The quantitative estimate of drug-likeness (QED) is 0.683. The maximum atomic E-state index is 12.7. The summed E-state index contributed by atoms with van der Waals surface area (Å²) in [4.78, 5) is 4.53. The molecule has 5 nitrogen and oxygen atoms in total. The highest BCUT2D eigenvalue weighted by Crippen LogP contribution is 2.27. The number of nitrogens with zero attached hydrogens (tertiary/aromatic N) is 1. The number of aromatic nitrogens is 1. The lowest BCUT2D eigenvalue weighted by molar-refractivity contribution is 0.495. The van der Waals surface area contributed by atoms with Crippen molar-refractivity contribution in [3.8, 4) is 11.3 Å². The van der Waals surface area contributed by atoms with Gasteiger partial charge in [-0.3, -0.25) is 4.72 Å². The summed E-state index contributed by atoms with van der Waals surface area (Å²) in [7, 11) is -3.66. The van der Waals surface area contributed by atoms with Crippen LogP contribution in [0.4, 0.5) is 5.69 Å². The first kappa shape index (κ1) is 19.2. The van der Waals surface area contributed by atoms with Crippen molar-refractivity contribution in [3.63, 3.8) is 0 Å². The first-order valence-electron chi connectivity index (χ1n) is 8.74. The first-order chi connectivity index (χ1) is 12.6. The monoisotopic (exact) mass is 384 g/mol. The first-order valence-corrected chi connectivity index (χ1v) is 10.2. The Morgan fingerprint density at radius 1 is 0.926 bits per heavy atom. The fourth-order valence-corrected chi connectivity index (χ4v) is 3.90. The van der Waals surface area contributed by atoms with E-state index in [2.05, 4.69) is 30.5 Å². The second-order valence-electron chi connectivity index (χ2n) is 7.59. The Kier molecular flexibility index (Phi) is 4.86. The maximum Gasteiger partial charge on any atom is 0.261 e. The van der Waals surface area contributed by atoms with Gasteiger partial charge in [0.15, 0.2) is 5.89 Å². The van der Waals surface area contributed by atoms with E-state index in [0.29, 0.717) is 17.3 Å². The molecule has 3 rings (SSSR count). The minimum atomic E-state index is -3.66. The molecule has 0 saturated heterocycles. The van der Waals surface area contributed by atoms with E-state index in [-0.39, 0.29) is 10.3 Å². The molecule has 0 atom stereocenters. The molecule has 0 aliphatic rings. The van der Waals surface area contributed by atoms with Gasteiger partial charge in [0.2, 0.25) is 0 Å². The second kappa shape index (κ2) is 6.85. The Hall–Kier alpha value is -2.60. The van der Waals surface area contributed by atoms with Gasteiger partial charge in [-0.15, -0.1) is 0 Å². The molecule has 1 N–H and O–H groups in total. The highest BCUT2D eigenvalue weighted by molar-refractivity contribution is 7.92. The van der Waals surface area contributed by atoms with Gasteiger partial charge in [-0.25, -0.2) is 13.4 Å². The van der Waals surface area contributed by atoms with E-state index >= 15 is 0 Å². The molecule has 1 aromatic heterocycles. The summed E-state index contributed by atoms with van der Waals surface area (Å²) in [6.07, 6.45) is 0. The van der Waals surface area contributed by atoms with Crippen LogP contribution >= 0.6 is 0 Å². The van der Waals surface area contributed by atoms with E-state index in [4.69, 9.17) is 4.42 Å². The van der Waals surface area contributed by atoms with Crippen LogP contribution in [0.3, 0.4) is 0 Å². The Bertz CT molecular complexity index is 1040. The van der Waals surface area contributed by atoms with Crippen molar-refractivity contribution in [3.05, 3.63) is 65.7 Å². The minimum absolute atomic E-state index is 0.0187. The molecule has 0 spiro atoms. The van der Waals surface area contributed by atoms with Gasteiger partial charge in [-0.2, -0.15) is 0 Å². The van der Waals surface area contributed by atoms with E-state index in [1.807, 2.05) is 19.1 Å². The van der Waals surface area contributed by atoms with Crippen molar-refractivity contribution in [1.29, 1.82) is 0 Å². The fraction of sp³-hybridized carbons (Fsp3) is 0.286. The van der Waals surface area contributed by atoms with Crippen LogP contribution < -0.4 is 4.72 Å². The molecule has 0 radical (unpaired) electrons. The third-order valence-electron chi connectivity index (χ3n) is 4.34. The largest absolute Gasteiger partial charge is 0.446 e. The number of nitrogens with one attached hydrogen (secondary N) is 1. The fourth-order valence-electron chi connectivity index (χ4n) is 2.84. The van der Waals surface area contributed by atoms with Crippen molar-refractivity contribution in [2.24, 2.45) is 0 Å². The Morgan fingerprint density at radius 2 is 1.52 bits per heavy atom. The number of hydrogen-bond acceptors (Lipinski definition) is 4. The summed E-state index contributed by atoms with van der Waals surface area (Å²) in [6.45, 7) is 9.97. The third-order valence-corrected chi connectivity index (χ3v) is 5.74. The standard InChI is InChI=1S/C21H24N2O3S/c1-14-20(22-15(2)26-14)16-6-12-19(13-7-16)27(24,25)23-18-10-8-17(9-11-18)21(3,4)5/h6-13,23H,1-5H3. The summed E-state index contributed by atoms with van der Waals surface area (Å²) in [5.74, 6) is 1.29. The summed E-state index contributed by atoms with van der Waals surface area (Å²) in [6, 6.07) is 14.1. The minimum Gasteiger partial charge on any atom is -0.446 e. The highest BCUT2D eigenvalue weighted by Gasteiger charge is 2.17. The van der Waals surface area contributed by atoms with Gasteiger partial charge >= 0.3 is 0 Å². The van der Waals surface area contributed by atoms with E-state index in [9.17, 15) is 8.42 Å². The third kappa shape index (κ3) is 4.22. The number of anilines is 1. The summed E-state index contributed by atoms with van der Waals surface area (Å²) in [5, 5.41) is 0. The van der Waals surface area contributed by atoms with Crippen LogP contribution in [0.1, 0.15) is 38.0 Å². The molecular weight excluding hydrogens is 360 g/mol. The lowest BCUT2D eigenvalue weighted by Crippen LogP contribution is -2.14. The number of sulfonamides is 1. The van der Waals surface area contributed by atoms with Crippen LogP contribution in [-0.2, 0) is 15.4 Å². The predicted octanol–water partition coefficient (Wildman–Crippen LogP) is 5.06. The van der Waals surface area contributed by atoms with Crippen molar-refractivity contribution >= 4 is 15.7 Å². The SMILES string of the molecule is Cc1nc(-c2ccc(S(=O)(=O)Nc3ccc(C(C)(C)C)cc3)cc2)c(C)o1. The molecule has 6 heteroatoms. The molecule has 0 unspecified atom stereocenters. The molecule has 0 amide bonds. The summed E-state index contributed by atoms with van der Waals surface area (Å²) in [5.41, 5.74) is 3.24. The number of benzene rings is 2. The van der Waals surface area contributed by atoms with Gasteiger partial charge in [0.25, 0.3) is 10.0 Å². The van der Waals surface area contributed by atoms with Gasteiger partial charge in [-0.1, -0.05) is 45.0 Å². The molecule has 27 heavy (non-hydrogen) atoms. The van der Waals surface area contributed by atoms with Crippen LogP contribution in [0.2, 0.25) is 0 Å². The van der Waals surface area contributed by atoms with Gasteiger partial charge < -0.3 is 4.42 Å². The average Bonchev–Trinajstić information content (AvgIpc) is 2.93. The van der Waals surface area contributed by atoms with Crippen molar-refractivity contribution in [2.75, 3.05) is 4.72 Å². The lowest BCUT2D eigenvalue weighted by atomic mass is 9.87. The molecule has 0 fully saturated rings. The second-order valence-corrected chi connectivity index (χ2v) is 9.28. The Balaban J connectivity index is 1.82. The maximum absolute atomic E-state index is 12.7. The van der Waals surface area contributed by atoms with Crippen LogP contribution in [-0.4, -0.2) is 13.4 Å². The van der Waals surface area contributed by atoms with Gasteiger partial charge in [0, 0.05) is 18.2 Å². The number of aryl methyl sites for hydroxylation is 2. The summed E-state index contributed by atoms with van der Waals surface area (Å²) >= 11 is 0. The Morgan fingerprint density at radius 3 is 2.00 bits per heavy atom. The van der Waals surface area contributed by atoms with Crippen LogP contribution in [0, 0.1) is 13.8 Å². The van der Waals surface area contributed by atoms with Crippen molar-refractivity contribution < 1.29 is 12.8 Å². The van der Waals surface area contributed by atoms with E-state index < -0.39 is 10.0 Å². The Labute approximate surface area is 160 Å². The molecule has 0 aliphatic carbocycles. The highest BCUT2D eigenvalue weighted by atomic mass is 32.2. The van der Waals surface area contributed by atoms with Gasteiger partial charge in [0.1, 0.15) is 11.5 Å². The normalized spacial score (nSPS) is 12.2. The van der Waals surface area contributed by atoms with Crippen molar-refractivity contribution in [1.82, 2.24) is 4.98 Å². The topological polar surface area (TPSA) is 72.2 Å². The molecule has 2 aromatic carbocycles. The number of oxazole rings is 1. The van der Waals surface area contributed by atoms with Crippen LogP contribution in [0.15, 0.2) is 57.8 Å². The van der Waals surface area contributed by atoms with E-state index in [1.165, 1.54) is 0 Å².